The first-order chi connectivity index (χ1) is 8.50. The van der Waals surface area contributed by atoms with E-state index in [1.165, 1.54) is 0 Å². The summed E-state index contributed by atoms with van der Waals surface area (Å²) in [4.78, 5) is 0. The largest absolute Gasteiger partial charge is 0.507 e. The summed E-state index contributed by atoms with van der Waals surface area (Å²) < 4.78 is 5.67. The van der Waals surface area contributed by atoms with Crippen LogP contribution in [0.15, 0.2) is 30.4 Å². The number of allylic oxidation sites excluding steroid dienone is 4. The van der Waals surface area contributed by atoms with Gasteiger partial charge >= 0.3 is 0 Å². The molecule has 0 radical (unpaired) electrons. The van der Waals surface area contributed by atoms with E-state index < -0.39 is 0 Å². The van der Waals surface area contributed by atoms with E-state index in [0.29, 0.717) is 16.9 Å². The van der Waals surface area contributed by atoms with Gasteiger partial charge in [-0.1, -0.05) is 24.3 Å². The molecule has 1 aromatic rings. The Bertz CT molecular complexity index is 501. The Morgan fingerprint density at radius 3 is 2.33 bits per heavy atom. The SMILES string of the molecule is Cc1cc(O)c(C2C=CC=C2)c(OC(C)C)c1O. The van der Waals surface area contributed by atoms with Gasteiger partial charge in [0.15, 0.2) is 11.5 Å². The van der Waals surface area contributed by atoms with Crippen LogP contribution in [0.1, 0.15) is 30.9 Å². The molecule has 0 fully saturated rings. The van der Waals surface area contributed by atoms with E-state index >= 15 is 0 Å². The van der Waals surface area contributed by atoms with Crippen LogP contribution in [0.4, 0.5) is 0 Å². The summed E-state index contributed by atoms with van der Waals surface area (Å²) in [6.45, 7) is 5.53. The van der Waals surface area contributed by atoms with Crippen molar-refractivity contribution in [3.63, 3.8) is 0 Å². The third kappa shape index (κ3) is 2.21. The summed E-state index contributed by atoms with van der Waals surface area (Å²) in [6, 6.07) is 1.57. The molecule has 3 nitrogen and oxygen atoms in total. The summed E-state index contributed by atoms with van der Waals surface area (Å²) in [5.41, 5.74) is 1.23. The molecule has 0 saturated heterocycles. The molecule has 0 heterocycles. The molecule has 0 aliphatic heterocycles. The summed E-state index contributed by atoms with van der Waals surface area (Å²) in [6.07, 6.45) is 7.68. The second-order valence-corrected chi connectivity index (χ2v) is 4.77. The van der Waals surface area contributed by atoms with Gasteiger partial charge in [-0.15, -0.1) is 0 Å². The highest BCUT2D eigenvalue weighted by Crippen LogP contribution is 2.45. The Kier molecular flexibility index (Phi) is 3.32. The first-order valence-electron chi connectivity index (χ1n) is 6.07. The van der Waals surface area contributed by atoms with Crippen molar-refractivity contribution in [1.29, 1.82) is 0 Å². The number of aromatic hydroxyl groups is 2. The predicted molar refractivity (Wildman–Crippen MR) is 71.3 cm³/mol. The van der Waals surface area contributed by atoms with Crippen molar-refractivity contribution in [2.24, 2.45) is 0 Å². The number of benzene rings is 1. The van der Waals surface area contributed by atoms with Crippen LogP contribution >= 0.6 is 0 Å². The molecule has 0 amide bonds. The third-order valence-corrected chi connectivity index (χ3v) is 2.90. The highest BCUT2D eigenvalue weighted by molar-refractivity contribution is 5.61. The maximum Gasteiger partial charge on any atom is 0.169 e. The van der Waals surface area contributed by atoms with Gasteiger partial charge in [-0.3, -0.25) is 0 Å². The molecular formula is C15H18O3. The van der Waals surface area contributed by atoms with Crippen molar-refractivity contribution < 1.29 is 14.9 Å². The van der Waals surface area contributed by atoms with Crippen LogP contribution in [-0.4, -0.2) is 16.3 Å². The molecule has 0 spiro atoms. The molecule has 0 unspecified atom stereocenters. The number of phenolic OH excluding ortho intramolecular Hbond substituents is 2. The third-order valence-electron chi connectivity index (χ3n) is 2.90. The van der Waals surface area contributed by atoms with Gasteiger partial charge < -0.3 is 14.9 Å². The maximum atomic E-state index is 10.1. The molecule has 1 aliphatic rings. The second kappa shape index (κ2) is 4.77. The number of hydrogen-bond donors (Lipinski definition) is 2. The predicted octanol–water partition coefficient (Wildman–Crippen LogP) is 3.40. The number of hydrogen-bond acceptors (Lipinski definition) is 3. The smallest absolute Gasteiger partial charge is 0.169 e. The van der Waals surface area contributed by atoms with Gasteiger partial charge in [-0.05, 0) is 32.4 Å². The van der Waals surface area contributed by atoms with Crippen molar-refractivity contribution in [3.05, 3.63) is 41.5 Å². The number of phenols is 2. The zero-order chi connectivity index (χ0) is 13.3. The van der Waals surface area contributed by atoms with E-state index in [0.717, 1.165) is 0 Å². The van der Waals surface area contributed by atoms with Crippen LogP contribution in [-0.2, 0) is 0 Å². The molecule has 96 valence electrons. The number of ether oxygens (including phenoxy) is 1. The van der Waals surface area contributed by atoms with Gasteiger partial charge in [-0.2, -0.15) is 0 Å². The average Bonchev–Trinajstić information content (AvgIpc) is 2.78. The zero-order valence-electron chi connectivity index (χ0n) is 10.8. The molecule has 1 aromatic carbocycles. The fourth-order valence-corrected chi connectivity index (χ4v) is 2.08. The van der Waals surface area contributed by atoms with Crippen LogP contribution < -0.4 is 4.74 Å². The van der Waals surface area contributed by atoms with E-state index in [-0.39, 0.29) is 23.5 Å². The number of aryl methyl sites for hydroxylation is 1. The van der Waals surface area contributed by atoms with E-state index in [2.05, 4.69) is 0 Å². The standard InChI is InChI=1S/C15H18O3/c1-9(2)18-15-13(11-6-4-5-7-11)12(16)8-10(3)14(15)17/h4-9,11,16-17H,1-3H3. The Morgan fingerprint density at radius 1 is 1.17 bits per heavy atom. The molecule has 0 atom stereocenters. The van der Waals surface area contributed by atoms with E-state index in [9.17, 15) is 10.2 Å². The van der Waals surface area contributed by atoms with Gasteiger partial charge in [0.1, 0.15) is 5.75 Å². The Morgan fingerprint density at radius 2 is 1.78 bits per heavy atom. The molecular weight excluding hydrogens is 228 g/mol. The summed E-state index contributed by atoms with van der Waals surface area (Å²) in [5.74, 6) is 0.585. The van der Waals surface area contributed by atoms with Crippen LogP contribution in [0.25, 0.3) is 0 Å². The lowest BCUT2D eigenvalue weighted by atomic mass is 9.96. The van der Waals surface area contributed by atoms with E-state index in [1.807, 2.05) is 38.2 Å². The highest BCUT2D eigenvalue weighted by Gasteiger charge is 2.23. The van der Waals surface area contributed by atoms with Gasteiger partial charge in [-0.25, -0.2) is 0 Å². The average molecular weight is 246 g/mol. The lowest BCUT2D eigenvalue weighted by Gasteiger charge is -2.20. The minimum Gasteiger partial charge on any atom is -0.507 e. The minimum absolute atomic E-state index is 0.0507. The summed E-state index contributed by atoms with van der Waals surface area (Å²) >= 11 is 0. The Hall–Kier alpha value is -1.90. The van der Waals surface area contributed by atoms with Gasteiger partial charge in [0.05, 0.1) is 11.7 Å². The quantitative estimate of drug-likeness (QED) is 0.803. The van der Waals surface area contributed by atoms with Gasteiger partial charge in [0.2, 0.25) is 0 Å². The normalized spacial score (nSPS) is 14.7. The van der Waals surface area contributed by atoms with Crippen LogP contribution in [0.3, 0.4) is 0 Å². The van der Waals surface area contributed by atoms with Crippen molar-refractivity contribution in [1.82, 2.24) is 0 Å². The first-order valence-corrected chi connectivity index (χ1v) is 6.07. The van der Waals surface area contributed by atoms with E-state index in [1.54, 1.807) is 13.0 Å². The maximum absolute atomic E-state index is 10.1. The molecule has 0 aromatic heterocycles. The van der Waals surface area contributed by atoms with Crippen LogP contribution in [0.5, 0.6) is 17.2 Å². The van der Waals surface area contributed by atoms with E-state index in [4.69, 9.17) is 4.74 Å². The monoisotopic (exact) mass is 246 g/mol. The highest BCUT2D eigenvalue weighted by atomic mass is 16.5. The Balaban J connectivity index is 2.58. The van der Waals surface area contributed by atoms with Crippen molar-refractivity contribution in [2.45, 2.75) is 32.8 Å². The Labute approximate surface area is 107 Å². The minimum atomic E-state index is -0.0646. The van der Waals surface area contributed by atoms with Gasteiger partial charge in [0, 0.05) is 5.92 Å². The van der Waals surface area contributed by atoms with Crippen molar-refractivity contribution in [2.75, 3.05) is 0 Å². The van der Waals surface area contributed by atoms with Gasteiger partial charge in [0.25, 0.3) is 0 Å². The fraction of sp³-hybridized carbons (Fsp3) is 0.333. The fourth-order valence-electron chi connectivity index (χ4n) is 2.08. The van der Waals surface area contributed by atoms with Crippen molar-refractivity contribution in [3.8, 4) is 17.2 Å². The summed E-state index contributed by atoms with van der Waals surface area (Å²) in [5, 5.41) is 20.2. The topological polar surface area (TPSA) is 49.7 Å². The molecule has 0 bridgehead atoms. The molecule has 3 heteroatoms. The van der Waals surface area contributed by atoms with Crippen molar-refractivity contribution >= 4 is 0 Å². The van der Waals surface area contributed by atoms with Crippen LogP contribution in [0, 0.1) is 6.92 Å². The lowest BCUT2D eigenvalue weighted by molar-refractivity contribution is 0.227. The first kappa shape index (κ1) is 12.6. The van der Waals surface area contributed by atoms with Crippen LogP contribution in [0.2, 0.25) is 0 Å². The molecule has 2 N–H and O–H groups in total. The molecule has 1 aliphatic carbocycles. The number of rotatable bonds is 3. The second-order valence-electron chi connectivity index (χ2n) is 4.77. The zero-order valence-corrected chi connectivity index (χ0v) is 10.8. The molecule has 0 saturated carbocycles. The molecule has 18 heavy (non-hydrogen) atoms. The lowest BCUT2D eigenvalue weighted by Crippen LogP contribution is -2.09. The summed E-state index contributed by atoms with van der Waals surface area (Å²) in [7, 11) is 0. The molecule has 2 rings (SSSR count).